The first-order chi connectivity index (χ1) is 9.16. The number of aliphatic carboxylic acids is 1. The Morgan fingerprint density at radius 2 is 2.00 bits per heavy atom. The molecular weight excluding hydrogens is 242 g/mol. The van der Waals surface area contributed by atoms with Gasteiger partial charge in [-0.05, 0) is 25.0 Å². The molecule has 1 saturated carbocycles. The lowest BCUT2D eigenvalue weighted by Gasteiger charge is -2.29. The fourth-order valence-electron chi connectivity index (χ4n) is 2.50. The van der Waals surface area contributed by atoms with Gasteiger partial charge in [0.05, 0.1) is 5.56 Å². The van der Waals surface area contributed by atoms with Gasteiger partial charge < -0.3 is 10.4 Å². The van der Waals surface area contributed by atoms with Crippen molar-refractivity contribution in [2.24, 2.45) is 0 Å². The number of hydrogen-bond donors (Lipinski definition) is 2. The van der Waals surface area contributed by atoms with Crippen LogP contribution in [0.2, 0.25) is 0 Å². The molecule has 1 heterocycles. The summed E-state index contributed by atoms with van der Waals surface area (Å²) < 4.78 is 0. The Bertz CT molecular complexity index is 482. The first-order valence-electron chi connectivity index (χ1n) is 6.54. The second-order valence-electron chi connectivity index (χ2n) is 4.97. The molecule has 0 aliphatic heterocycles. The van der Waals surface area contributed by atoms with Gasteiger partial charge in [0, 0.05) is 6.20 Å². The van der Waals surface area contributed by atoms with Gasteiger partial charge in [0.15, 0.2) is 0 Å². The fraction of sp³-hybridized carbons (Fsp3) is 0.500. The molecule has 1 aliphatic carbocycles. The van der Waals surface area contributed by atoms with Crippen LogP contribution in [-0.2, 0) is 4.79 Å². The molecule has 19 heavy (non-hydrogen) atoms. The lowest BCUT2D eigenvalue weighted by atomic mass is 9.90. The second kappa shape index (κ2) is 5.70. The van der Waals surface area contributed by atoms with Gasteiger partial charge in [0.25, 0.3) is 0 Å². The maximum Gasteiger partial charge on any atom is 0.329 e. The molecule has 1 aliphatic rings. The van der Waals surface area contributed by atoms with Gasteiger partial charge in [-0.1, -0.05) is 25.7 Å². The van der Waals surface area contributed by atoms with Crippen LogP contribution in [0.25, 0.3) is 0 Å². The van der Waals surface area contributed by atoms with Crippen molar-refractivity contribution >= 4 is 11.8 Å². The van der Waals surface area contributed by atoms with Crippen molar-refractivity contribution in [2.45, 2.75) is 44.1 Å². The molecule has 2 rings (SSSR count). The highest BCUT2D eigenvalue weighted by Crippen LogP contribution is 2.30. The molecular formula is C14H17N3O2. The predicted molar refractivity (Wildman–Crippen MR) is 70.6 cm³/mol. The minimum Gasteiger partial charge on any atom is -0.480 e. The SMILES string of the molecule is N#Cc1ccc(NC2(C(=O)O)CCCCCC2)nc1. The quantitative estimate of drug-likeness (QED) is 0.815. The van der Waals surface area contributed by atoms with Crippen LogP contribution >= 0.6 is 0 Å². The van der Waals surface area contributed by atoms with E-state index < -0.39 is 11.5 Å². The summed E-state index contributed by atoms with van der Waals surface area (Å²) in [5.41, 5.74) is -0.451. The van der Waals surface area contributed by atoms with Gasteiger partial charge in [0.2, 0.25) is 0 Å². The summed E-state index contributed by atoms with van der Waals surface area (Å²) >= 11 is 0. The van der Waals surface area contributed by atoms with E-state index in [9.17, 15) is 9.90 Å². The molecule has 1 fully saturated rings. The Hall–Kier alpha value is -2.09. The summed E-state index contributed by atoms with van der Waals surface area (Å²) in [5.74, 6) is -0.302. The standard InChI is InChI=1S/C14H17N3O2/c15-9-11-5-6-12(16-10-11)17-14(13(18)19)7-3-1-2-4-8-14/h5-6,10H,1-4,7-8H2,(H,16,17)(H,18,19). The summed E-state index contributed by atoms with van der Waals surface area (Å²) in [6, 6.07) is 5.29. The van der Waals surface area contributed by atoms with E-state index in [-0.39, 0.29) is 0 Å². The van der Waals surface area contributed by atoms with Gasteiger partial charge in [-0.3, -0.25) is 0 Å². The first kappa shape index (κ1) is 13.3. The van der Waals surface area contributed by atoms with E-state index in [4.69, 9.17) is 5.26 Å². The van der Waals surface area contributed by atoms with Crippen molar-refractivity contribution in [1.82, 2.24) is 4.98 Å². The van der Waals surface area contributed by atoms with E-state index in [0.29, 0.717) is 24.2 Å². The molecule has 5 heteroatoms. The third-order valence-corrected chi connectivity index (χ3v) is 3.63. The summed E-state index contributed by atoms with van der Waals surface area (Å²) in [6.45, 7) is 0. The van der Waals surface area contributed by atoms with E-state index in [1.165, 1.54) is 6.20 Å². The van der Waals surface area contributed by atoms with Crippen molar-refractivity contribution in [3.63, 3.8) is 0 Å². The third-order valence-electron chi connectivity index (χ3n) is 3.63. The Morgan fingerprint density at radius 1 is 1.32 bits per heavy atom. The maximum absolute atomic E-state index is 11.6. The number of hydrogen-bond acceptors (Lipinski definition) is 4. The minimum absolute atomic E-state index is 0.468. The fourth-order valence-corrected chi connectivity index (χ4v) is 2.50. The summed E-state index contributed by atoms with van der Waals surface area (Å²) in [6.07, 6.45) is 6.67. The van der Waals surface area contributed by atoms with Gasteiger partial charge in [-0.25, -0.2) is 9.78 Å². The normalized spacial score (nSPS) is 18.1. The number of anilines is 1. The first-order valence-corrected chi connectivity index (χ1v) is 6.54. The van der Waals surface area contributed by atoms with Crippen molar-refractivity contribution < 1.29 is 9.90 Å². The Balaban J connectivity index is 2.20. The van der Waals surface area contributed by atoms with Gasteiger partial charge >= 0.3 is 5.97 Å². The number of nitriles is 1. The highest BCUT2D eigenvalue weighted by atomic mass is 16.4. The second-order valence-corrected chi connectivity index (χ2v) is 4.97. The lowest BCUT2D eigenvalue weighted by molar-refractivity contribution is -0.142. The highest BCUT2D eigenvalue weighted by molar-refractivity contribution is 5.82. The van der Waals surface area contributed by atoms with Crippen LogP contribution in [-0.4, -0.2) is 21.6 Å². The number of nitrogens with one attached hydrogen (secondary N) is 1. The number of pyridine rings is 1. The topological polar surface area (TPSA) is 86.0 Å². The van der Waals surface area contributed by atoms with Gasteiger partial charge in [0.1, 0.15) is 17.4 Å². The van der Waals surface area contributed by atoms with E-state index >= 15 is 0 Å². The Kier molecular flexibility index (Phi) is 4.00. The van der Waals surface area contributed by atoms with Crippen molar-refractivity contribution in [3.05, 3.63) is 23.9 Å². The number of rotatable bonds is 3. The van der Waals surface area contributed by atoms with Crippen molar-refractivity contribution in [1.29, 1.82) is 5.26 Å². The third kappa shape index (κ3) is 3.02. The van der Waals surface area contributed by atoms with Gasteiger partial charge in [-0.15, -0.1) is 0 Å². The molecule has 0 aromatic carbocycles. The molecule has 100 valence electrons. The van der Waals surface area contributed by atoms with E-state index in [2.05, 4.69) is 10.3 Å². The zero-order valence-electron chi connectivity index (χ0n) is 10.7. The number of carbonyl (C=O) groups is 1. The monoisotopic (exact) mass is 259 g/mol. The highest BCUT2D eigenvalue weighted by Gasteiger charge is 2.38. The number of carboxylic acids is 1. The number of nitrogens with zero attached hydrogens (tertiary/aromatic N) is 2. The van der Waals surface area contributed by atoms with Gasteiger partial charge in [-0.2, -0.15) is 5.26 Å². The van der Waals surface area contributed by atoms with Crippen LogP contribution < -0.4 is 5.32 Å². The van der Waals surface area contributed by atoms with Crippen molar-refractivity contribution in [3.8, 4) is 6.07 Å². The molecule has 2 N–H and O–H groups in total. The van der Waals surface area contributed by atoms with E-state index in [0.717, 1.165) is 25.7 Å². The van der Waals surface area contributed by atoms with Crippen LogP contribution in [0.1, 0.15) is 44.1 Å². The molecule has 0 amide bonds. The number of aromatic nitrogens is 1. The molecule has 1 aromatic heterocycles. The van der Waals surface area contributed by atoms with Crippen LogP contribution in [0, 0.1) is 11.3 Å². The molecule has 0 unspecified atom stereocenters. The van der Waals surface area contributed by atoms with E-state index in [1.54, 1.807) is 12.1 Å². The summed E-state index contributed by atoms with van der Waals surface area (Å²) in [4.78, 5) is 15.7. The van der Waals surface area contributed by atoms with Crippen LogP contribution in [0.5, 0.6) is 0 Å². The molecule has 0 spiro atoms. The van der Waals surface area contributed by atoms with Crippen molar-refractivity contribution in [2.75, 3.05) is 5.32 Å². The maximum atomic E-state index is 11.6. The largest absolute Gasteiger partial charge is 0.480 e. The zero-order valence-corrected chi connectivity index (χ0v) is 10.7. The summed E-state index contributed by atoms with van der Waals surface area (Å²) in [7, 11) is 0. The Labute approximate surface area is 112 Å². The molecule has 1 aromatic rings. The smallest absolute Gasteiger partial charge is 0.329 e. The molecule has 0 atom stereocenters. The number of carboxylic acid groups (broad SMARTS) is 1. The Morgan fingerprint density at radius 3 is 2.47 bits per heavy atom. The lowest BCUT2D eigenvalue weighted by Crippen LogP contribution is -2.46. The molecule has 0 saturated heterocycles. The molecule has 5 nitrogen and oxygen atoms in total. The minimum atomic E-state index is -0.919. The molecule has 0 bridgehead atoms. The van der Waals surface area contributed by atoms with Crippen LogP contribution in [0.15, 0.2) is 18.3 Å². The molecule has 0 radical (unpaired) electrons. The summed E-state index contributed by atoms with van der Waals surface area (Å²) in [5, 5.41) is 21.3. The average Bonchev–Trinajstić information content (AvgIpc) is 2.66. The average molecular weight is 259 g/mol. The van der Waals surface area contributed by atoms with E-state index in [1.807, 2.05) is 6.07 Å². The van der Waals surface area contributed by atoms with Crippen LogP contribution in [0.3, 0.4) is 0 Å². The van der Waals surface area contributed by atoms with Crippen LogP contribution in [0.4, 0.5) is 5.82 Å². The predicted octanol–water partition coefficient (Wildman–Crippen LogP) is 2.54. The zero-order chi connectivity index (χ0) is 13.7.